The van der Waals surface area contributed by atoms with E-state index in [9.17, 15) is 9.59 Å². The number of benzene rings is 1. The van der Waals surface area contributed by atoms with Crippen LogP contribution < -0.4 is 10.1 Å². The molecule has 1 amide bonds. The summed E-state index contributed by atoms with van der Waals surface area (Å²) in [6, 6.07) is 8.01. The molecule has 1 unspecified atom stereocenters. The van der Waals surface area contributed by atoms with Crippen LogP contribution in [0.25, 0.3) is 0 Å². The Kier molecular flexibility index (Phi) is 9.63. The first-order valence-electron chi connectivity index (χ1n) is 13.0. The number of thiophene rings is 1. The second-order valence-corrected chi connectivity index (χ2v) is 11.0. The van der Waals surface area contributed by atoms with E-state index in [-0.39, 0.29) is 23.7 Å². The second-order valence-electron chi connectivity index (χ2n) is 8.97. The van der Waals surface area contributed by atoms with E-state index in [1.165, 1.54) is 28.7 Å². The Morgan fingerprint density at radius 2 is 1.97 bits per heavy atom. The van der Waals surface area contributed by atoms with Crippen LogP contribution in [0.4, 0.5) is 5.00 Å². The van der Waals surface area contributed by atoms with Crippen LogP contribution in [-0.2, 0) is 35.3 Å². The number of aromatic nitrogens is 3. The number of nitrogens with one attached hydrogen (secondary N) is 1. The summed E-state index contributed by atoms with van der Waals surface area (Å²) < 4.78 is 13.3. The number of aryl methyl sites for hydroxylation is 2. The lowest BCUT2D eigenvalue weighted by atomic mass is 9.95. The van der Waals surface area contributed by atoms with Crippen molar-refractivity contribution in [1.29, 1.82) is 0 Å². The number of nitrogens with zero attached hydrogens (tertiary/aromatic N) is 3. The van der Waals surface area contributed by atoms with E-state index < -0.39 is 0 Å². The first-order chi connectivity index (χ1) is 18.4. The molecule has 0 saturated carbocycles. The van der Waals surface area contributed by atoms with Crippen molar-refractivity contribution in [3.63, 3.8) is 0 Å². The van der Waals surface area contributed by atoms with Gasteiger partial charge in [-0.25, -0.2) is 4.79 Å². The van der Waals surface area contributed by atoms with Gasteiger partial charge in [0.15, 0.2) is 17.1 Å². The quantitative estimate of drug-likeness (QED) is 0.166. The largest absolute Gasteiger partial charge is 0.483 e. The summed E-state index contributed by atoms with van der Waals surface area (Å²) in [5, 5.41) is 12.8. The zero-order valence-corrected chi connectivity index (χ0v) is 23.8. The van der Waals surface area contributed by atoms with Gasteiger partial charge in [0, 0.05) is 11.4 Å². The molecule has 0 spiro atoms. The van der Waals surface area contributed by atoms with Crippen molar-refractivity contribution in [2.75, 3.05) is 17.7 Å². The molecule has 0 radical (unpaired) electrons. The van der Waals surface area contributed by atoms with E-state index in [4.69, 9.17) is 9.47 Å². The van der Waals surface area contributed by atoms with Crippen molar-refractivity contribution in [3.05, 3.63) is 64.3 Å². The van der Waals surface area contributed by atoms with Crippen molar-refractivity contribution in [3.8, 4) is 5.75 Å². The molecule has 2 aromatic heterocycles. The predicted molar refractivity (Wildman–Crippen MR) is 151 cm³/mol. The molecule has 0 saturated heterocycles. The van der Waals surface area contributed by atoms with Gasteiger partial charge in [0.1, 0.15) is 10.8 Å². The highest BCUT2D eigenvalue weighted by atomic mass is 32.2. The molecule has 3 aromatic rings. The predicted octanol–water partition coefficient (Wildman–Crippen LogP) is 6.01. The van der Waals surface area contributed by atoms with Gasteiger partial charge in [-0.2, -0.15) is 0 Å². The number of esters is 1. The van der Waals surface area contributed by atoms with Gasteiger partial charge in [-0.1, -0.05) is 36.9 Å². The highest BCUT2D eigenvalue weighted by molar-refractivity contribution is 7.99. The molecule has 0 aliphatic heterocycles. The van der Waals surface area contributed by atoms with Crippen molar-refractivity contribution in [2.45, 2.75) is 70.7 Å². The van der Waals surface area contributed by atoms with Crippen molar-refractivity contribution >= 4 is 40.0 Å². The molecule has 38 heavy (non-hydrogen) atoms. The topological polar surface area (TPSA) is 95.3 Å². The molecule has 8 nitrogen and oxygen atoms in total. The molecule has 1 aliphatic rings. The highest BCUT2D eigenvalue weighted by Crippen LogP contribution is 2.38. The average molecular weight is 555 g/mol. The van der Waals surface area contributed by atoms with Crippen LogP contribution in [0.3, 0.4) is 0 Å². The lowest BCUT2D eigenvalue weighted by molar-refractivity contribution is -0.113. The molecule has 202 valence electrons. The fraction of sp³-hybridized carbons (Fsp3) is 0.429. The van der Waals surface area contributed by atoms with Crippen LogP contribution >= 0.6 is 23.1 Å². The van der Waals surface area contributed by atoms with Gasteiger partial charge in [0.2, 0.25) is 5.91 Å². The summed E-state index contributed by atoms with van der Waals surface area (Å²) in [6.07, 6.45) is 6.27. The first-order valence-corrected chi connectivity index (χ1v) is 14.8. The number of hydrogen-bond donors (Lipinski definition) is 1. The fourth-order valence-electron chi connectivity index (χ4n) is 4.43. The van der Waals surface area contributed by atoms with Crippen molar-refractivity contribution < 1.29 is 19.1 Å². The Morgan fingerprint density at radius 3 is 2.68 bits per heavy atom. The Morgan fingerprint density at radius 1 is 1.21 bits per heavy atom. The van der Waals surface area contributed by atoms with Crippen LogP contribution in [0.5, 0.6) is 5.75 Å². The highest BCUT2D eigenvalue weighted by Gasteiger charge is 2.27. The minimum atomic E-state index is -0.372. The Labute approximate surface area is 231 Å². The number of allylic oxidation sites excluding steroid dienone is 1. The first kappa shape index (κ1) is 27.9. The standard InChI is InChI=1S/C28H34N4O4S2/c1-5-16-32-25(18(4)36-20-14-12-19(6-2)13-15-20)30-31-28(32)37-17-23(33)29-26-24(27(34)35-7-3)21-10-8-9-11-22(21)38-26/h5,12-15,18H,1,6-11,16-17H2,2-4H3,(H,29,33). The van der Waals surface area contributed by atoms with E-state index in [2.05, 4.69) is 29.0 Å². The monoisotopic (exact) mass is 554 g/mol. The van der Waals surface area contributed by atoms with Crippen LogP contribution in [0, 0.1) is 0 Å². The Bertz CT molecular complexity index is 1280. The second kappa shape index (κ2) is 13.1. The maximum atomic E-state index is 13.0. The van der Waals surface area contributed by atoms with E-state index in [0.29, 0.717) is 34.7 Å². The molecule has 0 bridgehead atoms. The normalized spacial score (nSPS) is 13.4. The number of anilines is 1. The van der Waals surface area contributed by atoms with Crippen LogP contribution in [-0.4, -0.2) is 39.0 Å². The summed E-state index contributed by atoms with van der Waals surface area (Å²) in [6.45, 7) is 10.5. The van der Waals surface area contributed by atoms with Crippen molar-refractivity contribution in [1.82, 2.24) is 14.8 Å². The van der Waals surface area contributed by atoms with E-state index in [1.807, 2.05) is 35.8 Å². The fourth-order valence-corrected chi connectivity index (χ4v) is 6.48. The molecule has 0 fully saturated rings. The number of ether oxygens (including phenoxy) is 2. The van der Waals surface area contributed by atoms with Gasteiger partial charge >= 0.3 is 5.97 Å². The summed E-state index contributed by atoms with van der Waals surface area (Å²) in [5.74, 6) is 0.946. The molecule has 1 N–H and O–H groups in total. The van der Waals surface area contributed by atoms with E-state index in [0.717, 1.165) is 48.3 Å². The number of carbonyl (C=O) groups excluding carboxylic acids is 2. The smallest absolute Gasteiger partial charge is 0.341 e. The third kappa shape index (κ3) is 6.47. The van der Waals surface area contributed by atoms with E-state index in [1.54, 1.807) is 13.0 Å². The third-order valence-electron chi connectivity index (χ3n) is 6.30. The molecule has 1 atom stereocenters. The summed E-state index contributed by atoms with van der Waals surface area (Å²) in [4.78, 5) is 26.8. The molecule has 1 aliphatic carbocycles. The van der Waals surface area contributed by atoms with Crippen LogP contribution in [0.15, 0.2) is 42.1 Å². The molecular weight excluding hydrogens is 520 g/mol. The number of rotatable bonds is 12. The molecule has 1 aromatic carbocycles. The number of fused-ring (bicyclic) bond motifs is 1. The minimum absolute atomic E-state index is 0.119. The van der Waals surface area contributed by atoms with Gasteiger partial charge in [-0.15, -0.1) is 28.1 Å². The SMILES string of the molecule is C=CCn1c(SCC(=O)Nc2sc3c(c2C(=O)OCC)CCCC3)nnc1C(C)Oc1ccc(CC)cc1. The summed E-state index contributed by atoms with van der Waals surface area (Å²) in [7, 11) is 0. The van der Waals surface area contributed by atoms with Gasteiger partial charge in [-0.3, -0.25) is 9.36 Å². The Balaban J connectivity index is 1.44. The minimum Gasteiger partial charge on any atom is -0.483 e. The Hall–Kier alpha value is -3.11. The van der Waals surface area contributed by atoms with Gasteiger partial charge in [0.05, 0.1) is 17.9 Å². The molecule has 10 heteroatoms. The third-order valence-corrected chi connectivity index (χ3v) is 8.48. The lowest BCUT2D eigenvalue weighted by Gasteiger charge is -2.16. The average Bonchev–Trinajstić information content (AvgIpc) is 3.49. The van der Waals surface area contributed by atoms with E-state index >= 15 is 0 Å². The summed E-state index contributed by atoms with van der Waals surface area (Å²) in [5.41, 5.74) is 2.78. The summed E-state index contributed by atoms with van der Waals surface area (Å²) >= 11 is 2.77. The van der Waals surface area contributed by atoms with Crippen LogP contribution in [0.1, 0.15) is 71.9 Å². The molecular formula is C28H34N4O4S2. The molecule has 2 heterocycles. The maximum Gasteiger partial charge on any atom is 0.341 e. The van der Waals surface area contributed by atoms with Gasteiger partial charge in [0.25, 0.3) is 0 Å². The molecule has 4 rings (SSSR count). The zero-order chi connectivity index (χ0) is 27.1. The number of hydrogen-bond acceptors (Lipinski definition) is 8. The lowest BCUT2D eigenvalue weighted by Crippen LogP contribution is -2.17. The van der Waals surface area contributed by atoms with Crippen LogP contribution in [0.2, 0.25) is 0 Å². The number of thioether (sulfide) groups is 1. The number of amides is 1. The van der Waals surface area contributed by atoms with Gasteiger partial charge < -0.3 is 14.8 Å². The maximum absolute atomic E-state index is 13.0. The van der Waals surface area contributed by atoms with Gasteiger partial charge in [-0.05, 0) is 69.2 Å². The zero-order valence-electron chi connectivity index (χ0n) is 22.1. The number of carbonyl (C=O) groups is 2. The van der Waals surface area contributed by atoms with Crippen molar-refractivity contribution in [2.24, 2.45) is 0 Å².